The third-order valence-electron chi connectivity index (χ3n) is 2.16. The Kier molecular flexibility index (Phi) is 4.17. The topological polar surface area (TPSA) is 34.2 Å². The van der Waals surface area contributed by atoms with Gasteiger partial charge < -0.3 is 10.1 Å². The fourth-order valence-electron chi connectivity index (χ4n) is 1.31. The molecule has 0 aliphatic heterocycles. The van der Waals surface area contributed by atoms with Crippen LogP contribution >= 0.6 is 34.8 Å². The molecule has 1 aromatic carbocycles. The Hall–Kier alpha value is -1.16. The third kappa shape index (κ3) is 2.99. The van der Waals surface area contributed by atoms with E-state index in [1.807, 2.05) is 0 Å². The summed E-state index contributed by atoms with van der Waals surface area (Å²) < 4.78 is 5.56. The Labute approximate surface area is 120 Å². The van der Waals surface area contributed by atoms with Gasteiger partial charge in [0, 0.05) is 12.1 Å². The molecule has 0 amide bonds. The van der Waals surface area contributed by atoms with Gasteiger partial charge in [0.2, 0.25) is 5.88 Å². The van der Waals surface area contributed by atoms with Gasteiger partial charge in [-0.3, -0.25) is 0 Å². The molecule has 0 unspecified atom stereocenters. The van der Waals surface area contributed by atoms with Gasteiger partial charge in [0.15, 0.2) is 0 Å². The van der Waals surface area contributed by atoms with Gasteiger partial charge in [-0.2, -0.15) is 4.98 Å². The lowest BCUT2D eigenvalue weighted by atomic mass is 10.3. The maximum Gasteiger partial charge on any atom is 0.240 e. The molecule has 0 atom stereocenters. The predicted molar refractivity (Wildman–Crippen MR) is 75.3 cm³/mol. The number of benzene rings is 1. The van der Waals surface area contributed by atoms with E-state index in [1.54, 1.807) is 37.4 Å². The number of nitrogens with zero attached hydrogens (tertiary/aromatic N) is 1. The average Bonchev–Trinajstić information content (AvgIpc) is 2.35. The highest BCUT2D eigenvalue weighted by Gasteiger charge is 2.10. The third-order valence-corrected chi connectivity index (χ3v) is 2.97. The molecule has 3 nitrogen and oxygen atoms in total. The molecule has 0 bridgehead atoms. The highest BCUT2D eigenvalue weighted by Crippen LogP contribution is 2.33. The zero-order valence-electron chi connectivity index (χ0n) is 9.38. The SMILES string of the molecule is CNc1nc(Oc2ccc(Cl)cc2)c(Cl)cc1Cl. The summed E-state index contributed by atoms with van der Waals surface area (Å²) >= 11 is 17.7. The van der Waals surface area contributed by atoms with Gasteiger partial charge in [-0.05, 0) is 30.3 Å². The van der Waals surface area contributed by atoms with Crippen molar-refractivity contribution < 1.29 is 4.74 Å². The van der Waals surface area contributed by atoms with Gasteiger partial charge in [-0.15, -0.1) is 0 Å². The van der Waals surface area contributed by atoms with Crippen molar-refractivity contribution in [2.75, 3.05) is 12.4 Å². The van der Waals surface area contributed by atoms with E-state index in [-0.39, 0.29) is 5.88 Å². The summed E-state index contributed by atoms with van der Waals surface area (Å²) in [4.78, 5) is 4.18. The van der Waals surface area contributed by atoms with Gasteiger partial charge >= 0.3 is 0 Å². The first kappa shape index (κ1) is 13.3. The lowest BCUT2D eigenvalue weighted by Gasteiger charge is -2.09. The summed E-state index contributed by atoms with van der Waals surface area (Å²) in [5.41, 5.74) is 0. The highest BCUT2D eigenvalue weighted by molar-refractivity contribution is 6.36. The summed E-state index contributed by atoms with van der Waals surface area (Å²) in [6.07, 6.45) is 0. The van der Waals surface area contributed by atoms with Crippen LogP contribution in [0.25, 0.3) is 0 Å². The standard InChI is InChI=1S/C12H9Cl3N2O/c1-16-11-9(14)6-10(15)12(17-11)18-8-4-2-7(13)3-5-8/h2-6H,1H3,(H,16,17). The monoisotopic (exact) mass is 302 g/mol. The van der Waals surface area contributed by atoms with Crippen molar-refractivity contribution in [3.63, 3.8) is 0 Å². The van der Waals surface area contributed by atoms with Crippen LogP contribution in [0, 0.1) is 0 Å². The Balaban J connectivity index is 2.31. The Bertz CT molecular complexity index is 558. The number of nitrogens with one attached hydrogen (secondary N) is 1. The number of aromatic nitrogens is 1. The summed E-state index contributed by atoms with van der Waals surface area (Å²) in [7, 11) is 1.72. The molecule has 18 heavy (non-hydrogen) atoms. The molecule has 0 aliphatic rings. The van der Waals surface area contributed by atoms with E-state index in [4.69, 9.17) is 39.5 Å². The minimum Gasteiger partial charge on any atom is -0.437 e. The minimum absolute atomic E-state index is 0.285. The summed E-state index contributed by atoms with van der Waals surface area (Å²) in [5, 5.41) is 4.27. The molecule has 0 fully saturated rings. The van der Waals surface area contributed by atoms with E-state index in [1.165, 1.54) is 0 Å². The maximum absolute atomic E-state index is 6.01. The summed E-state index contributed by atoms with van der Waals surface area (Å²) in [6.45, 7) is 0. The van der Waals surface area contributed by atoms with Gasteiger partial charge in [0.25, 0.3) is 0 Å². The van der Waals surface area contributed by atoms with Crippen molar-refractivity contribution in [1.29, 1.82) is 0 Å². The molecule has 0 saturated carbocycles. The van der Waals surface area contributed by atoms with Crippen LogP contribution in [-0.4, -0.2) is 12.0 Å². The zero-order valence-corrected chi connectivity index (χ0v) is 11.6. The van der Waals surface area contributed by atoms with E-state index in [2.05, 4.69) is 10.3 Å². The van der Waals surface area contributed by atoms with Crippen molar-refractivity contribution in [3.05, 3.63) is 45.4 Å². The van der Waals surface area contributed by atoms with Crippen LogP contribution in [0.15, 0.2) is 30.3 Å². The van der Waals surface area contributed by atoms with E-state index < -0.39 is 0 Å². The van der Waals surface area contributed by atoms with Crippen molar-refractivity contribution >= 4 is 40.6 Å². The fraction of sp³-hybridized carbons (Fsp3) is 0.0833. The summed E-state index contributed by atoms with van der Waals surface area (Å²) in [6, 6.07) is 8.48. The van der Waals surface area contributed by atoms with E-state index in [9.17, 15) is 0 Å². The van der Waals surface area contributed by atoms with Crippen LogP contribution in [-0.2, 0) is 0 Å². The lowest BCUT2D eigenvalue weighted by molar-refractivity contribution is 0.464. The molecule has 0 aliphatic carbocycles. The van der Waals surface area contributed by atoms with Crippen LogP contribution in [0.2, 0.25) is 15.1 Å². The quantitative estimate of drug-likeness (QED) is 0.878. The second-order valence-corrected chi connectivity index (χ2v) is 4.66. The van der Waals surface area contributed by atoms with Gasteiger partial charge in [0.1, 0.15) is 16.6 Å². The lowest BCUT2D eigenvalue weighted by Crippen LogP contribution is -1.96. The first-order valence-corrected chi connectivity index (χ1v) is 6.21. The Morgan fingerprint density at radius 1 is 1.06 bits per heavy atom. The number of hydrogen-bond acceptors (Lipinski definition) is 3. The van der Waals surface area contributed by atoms with E-state index >= 15 is 0 Å². The number of halogens is 3. The molecule has 0 spiro atoms. The number of pyridine rings is 1. The van der Waals surface area contributed by atoms with Gasteiger partial charge in [-0.1, -0.05) is 34.8 Å². The van der Waals surface area contributed by atoms with E-state index in [0.29, 0.717) is 26.6 Å². The highest BCUT2D eigenvalue weighted by atomic mass is 35.5. The van der Waals surface area contributed by atoms with Crippen molar-refractivity contribution in [2.24, 2.45) is 0 Å². The molecule has 94 valence electrons. The first-order chi connectivity index (χ1) is 8.60. The number of anilines is 1. The Morgan fingerprint density at radius 2 is 1.72 bits per heavy atom. The maximum atomic E-state index is 6.01. The van der Waals surface area contributed by atoms with Gasteiger partial charge in [0.05, 0.1) is 5.02 Å². The Morgan fingerprint density at radius 3 is 2.33 bits per heavy atom. The molecule has 1 aromatic heterocycles. The van der Waals surface area contributed by atoms with Crippen molar-refractivity contribution in [3.8, 4) is 11.6 Å². The van der Waals surface area contributed by atoms with Crippen molar-refractivity contribution in [2.45, 2.75) is 0 Å². The molecular formula is C12H9Cl3N2O. The van der Waals surface area contributed by atoms with Crippen LogP contribution in [0.3, 0.4) is 0 Å². The zero-order chi connectivity index (χ0) is 13.1. The largest absolute Gasteiger partial charge is 0.437 e. The second-order valence-electron chi connectivity index (χ2n) is 3.41. The normalized spacial score (nSPS) is 10.2. The second kappa shape index (κ2) is 5.65. The molecule has 1 N–H and O–H groups in total. The van der Waals surface area contributed by atoms with Crippen LogP contribution < -0.4 is 10.1 Å². The number of ether oxygens (including phenoxy) is 1. The average molecular weight is 304 g/mol. The van der Waals surface area contributed by atoms with Gasteiger partial charge in [-0.25, -0.2) is 0 Å². The molecular weight excluding hydrogens is 295 g/mol. The van der Waals surface area contributed by atoms with E-state index in [0.717, 1.165) is 0 Å². The molecule has 1 heterocycles. The number of rotatable bonds is 3. The fourth-order valence-corrected chi connectivity index (χ4v) is 1.93. The van der Waals surface area contributed by atoms with Crippen molar-refractivity contribution in [1.82, 2.24) is 4.98 Å². The summed E-state index contributed by atoms with van der Waals surface area (Å²) in [5.74, 6) is 1.39. The molecule has 2 aromatic rings. The predicted octanol–water partition coefficient (Wildman–Crippen LogP) is 4.88. The molecule has 6 heteroatoms. The number of hydrogen-bond donors (Lipinski definition) is 1. The first-order valence-electron chi connectivity index (χ1n) is 5.07. The smallest absolute Gasteiger partial charge is 0.240 e. The molecule has 2 rings (SSSR count). The minimum atomic E-state index is 0.285. The van der Waals surface area contributed by atoms with Crippen LogP contribution in [0.5, 0.6) is 11.6 Å². The molecule has 0 saturated heterocycles. The van der Waals surface area contributed by atoms with Crippen LogP contribution in [0.1, 0.15) is 0 Å². The molecule has 0 radical (unpaired) electrons. The van der Waals surface area contributed by atoms with Crippen LogP contribution in [0.4, 0.5) is 5.82 Å².